The number of nitrogens with zero attached hydrogens (tertiary/aromatic N) is 2. The standard InChI is InChI=1S/C23H26N6O3/c1-4-32-21-12-19(16-6-8-22(31-3)25-13-16)26-20-11-15(5-7-17(20)21)23(30)24-10-9-18-14(2)27-29-28-18/h5-8,11-13,27-29H,4,9-10H2,1-3H3,(H,24,30). The van der Waals surface area contributed by atoms with Crippen LogP contribution in [0.4, 0.5) is 0 Å². The molecule has 0 aliphatic carbocycles. The highest BCUT2D eigenvalue weighted by Gasteiger charge is 2.14. The molecule has 0 unspecified atom stereocenters. The van der Waals surface area contributed by atoms with Crippen LogP contribution in [0.2, 0.25) is 0 Å². The number of carbonyl (C=O) groups excluding carboxylic acids is 1. The van der Waals surface area contributed by atoms with Crippen molar-refractivity contribution < 1.29 is 14.3 Å². The molecule has 0 fully saturated rings. The maximum absolute atomic E-state index is 12.7. The maximum Gasteiger partial charge on any atom is 0.251 e. The smallest absolute Gasteiger partial charge is 0.251 e. The summed E-state index contributed by atoms with van der Waals surface area (Å²) in [5.74, 6) is 1.09. The number of carbonyl (C=O) groups is 1. The van der Waals surface area contributed by atoms with Crippen LogP contribution >= 0.6 is 0 Å². The second-order valence-corrected chi connectivity index (χ2v) is 7.24. The van der Waals surface area contributed by atoms with Crippen LogP contribution < -0.4 is 31.2 Å². The van der Waals surface area contributed by atoms with Gasteiger partial charge in [0, 0.05) is 59.2 Å². The monoisotopic (exact) mass is 434 g/mol. The Labute approximate surface area is 186 Å². The Kier molecular flexibility index (Phi) is 6.37. The number of aromatic nitrogens is 2. The van der Waals surface area contributed by atoms with Crippen molar-refractivity contribution in [2.75, 3.05) is 20.3 Å². The number of amides is 1. The van der Waals surface area contributed by atoms with Crippen molar-refractivity contribution in [3.05, 3.63) is 59.6 Å². The number of nitrogens with one attached hydrogen (secondary N) is 4. The fraction of sp³-hybridized carbons (Fsp3) is 0.261. The van der Waals surface area contributed by atoms with Gasteiger partial charge in [0.1, 0.15) is 5.75 Å². The summed E-state index contributed by atoms with van der Waals surface area (Å²) in [4.78, 5) is 21.7. The summed E-state index contributed by atoms with van der Waals surface area (Å²) in [7, 11) is 1.58. The largest absolute Gasteiger partial charge is 0.493 e. The van der Waals surface area contributed by atoms with E-state index in [1.807, 2.05) is 32.0 Å². The fourth-order valence-corrected chi connectivity index (χ4v) is 3.44. The van der Waals surface area contributed by atoms with Gasteiger partial charge in [-0.2, -0.15) is 5.53 Å². The Hall–Kier alpha value is -3.85. The van der Waals surface area contributed by atoms with Gasteiger partial charge in [0.2, 0.25) is 5.88 Å². The van der Waals surface area contributed by atoms with Crippen molar-refractivity contribution in [1.29, 1.82) is 0 Å². The molecule has 3 aromatic rings. The highest BCUT2D eigenvalue weighted by atomic mass is 16.5. The van der Waals surface area contributed by atoms with E-state index in [-0.39, 0.29) is 5.91 Å². The number of hydrazine groups is 2. The zero-order chi connectivity index (χ0) is 22.5. The summed E-state index contributed by atoms with van der Waals surface area (Å²) in [6.07, 6.45) is 2.39. The van der Waals surface area contributed by atoms with Crippen molar-refractivity contribution in [2.24, 2.45) is 0 Å². The number of rotatable bonds is 8. The van der Waals surface area contributed by atoms with Crippen LogP contribution in [0, 0.1) is 0 Å². The molecule has 4 rings (SSSR count). The molecule has 1 aliphatic heterocycles. The highest BCUT2D eigenvalue weighted by Crippen LogP contribution is 2.31. The first-order chi connectivity index (χ1) is 15.6. The van der Waals surface area contributed by atoms with E-state index in [0.29, 0.717) is 48.0 Å². The molecule has 0 radical (unpaired) electrons. The minimum absolute atomic E-state index is 0.152. The van der Waals surface area contributed by atoms with Crippen LogP contribution in [-0.2, 0) is 0 Å². The quantitative estimate of drug-likeness (QED) is 0.428. The van der Waals surface area contributed by atoms with Crippen LogP contribution in [0.5, 0.6) is 11.6 Å². The molecular weight excluding hydrogens is 408 g/mol. The van der Waals surface area contributed by atoms with Gasteiger partial charge >= 0.3 is 0 Å². The van der Waals surface area contributed by atoms with Crippen molar-refractivity contribution in [3.63, 3.8) is 0 Å². The van der Waals surface area contributed by atoms with Gasteiger partial charge in [-0.3, -0.25) is 4.79 Å². The molecule has 0 saturated carbocycles. The van der Waals surface area contributed by atoms with E-state index in [1.54, 1.807) is 31.5 Å². The lowest BCUT2D eigenvalue weighted by Gasteiger charge is -2.12. The van der Waals surface area contributed by atoms with Gasteiger partial charge in [-0.1, -0.05) is 0 Å². The number of methoxy groups -OCH3 is 1. The van der Waals surface area contributed by atoms with Gasteiger partial charge in [-0.05, 0) is 38.1 Å². The Balaban J connectivity index is 1.59. The van der Waals surface area contributed by atoms with E-state index < -0.39 is 0 Å². The second kappa shape index (κ2) is 9.52. The van der Waals surface area contributed by atoms with Crippen molar-refractivity contribution in [2.45, 2.75) is 20.3 Å². The molecule has 9 heteroatoms. The SMILES string of the molecule is CCOc1cc(-c2ccc(OC)nc2)nc2cc(C(=O)NCCC3=C(C)NNN3)ccc12. The summed E-state index contributed by atoms with van der Waals surface area (Å²) in [5, 5.41) is 3.81. The van der Waals surface area contributed by atoms with Gasteiger partial charge in [0.25, 0.3) is 5.91 Å². The molecule has 0 spiro atoms. The molecule has 0 bridgehead atoms. The van der Waals surface area contributed by atoms with Gasteiger partial charge in [-0.25, -0.2) is 9.97 Å². The predicted octanol–water partition coefficient (Wildman–Crippen LogP) is 2.67. The Morgan fingerprint density at radius 3 is 2.72 bits per heavy atom. The van der Waals surface area contributed by atoms with Gasteiger partial charge in [-0.15, -0.1) is 0 Å². The minimum atomic E-state index is -0.152. The van der Waals surface area contributed by atoms with Crippen LogP contribution in [0.25, 0.3) is 22.2 Å². The van der Waals surface area contributed by atoms with Crippen molar-refractivity contribution in [3.8, 4) is 22.9 Å². The fourth-order valence-electron chi connectivity index (χ4n) is 3.44. The zero-order valence-electron chi connectivity index (χ0n) is 18.3. The molecule has 4 N–H and O–H groups in total. The number of fused-ring (bicyclic) bond motifs is 1. The summed E-state index contributed by atoms with van der Waals surface area (Å²) >= 11 is 0. The number of benzene rings is 1. The minimum Gasteiger partial charge on any atom is -0.493 e. The summed E-state index contributed by atoms with van der Waals surface area (Å²) in [6, 6.07) is 11.0. The lowest BCUT2D eigenvalue weighted by atomic mass is 10.1. The summed E-state index contributed by atoms with van der Waals surface area (Å²) in [6.45, 7) is 4.93. The normalized spacial score (nSPS) is 13.0. The zero-order valence-corrected chi connectivity index (χ0v) is 18.3. The topological polar surface area (TPSA) is 109 Å². The van der Waals surface area contributed by atoms with E-state index in [1.165, 1.54) is 0 Å². The maximum atomic E-state index is 12.7. The molecule has 1 aromatic carbocycles. The molecule has 1 aliphatic rings. The summed E-state index contributed by atoms with van der Waals surface area (Å²) in [5.41, 5.74) is 13.6. The predicted molar refractivity (Wildman–Crippen MR) is 122 cm³/mol. The van der Waals surface area contributed by atoms with Crippen LogP contribution in [0.15, 0.2) is 54.0 Å². The van der Waals surface area contributed by atoms with Crippen LogP contribution in [0.1, 0.15) is 30.6 Å². The molecular formula is C23H26N6O3. The molecule has 2 aromatic heterocycles. The lowest BCUT2D eigenvalue weighted by Crippen LogP contribution is -2.33. The van der Waals surface area contributed by atoms with Gasteiger partial charge in [0.15, 0.2) is 0 Å². The van der Waals surface area contributed by atoms with Crippen LogP contribution in [0.3, 0.4) is 0 Å². The molecule has 0 saturated heterocycles. The number of allylic oxidation sites excluding steroid dienone is 1. The average Bonchev–Trinajstić information content (AvgIpc) is 3.23. The first-order valence-corrected chi connectivity index (χ1v) is 10.4. The van der Waals surface area contributed by atoms with Crippen LogP contribution in [-0.4, -0.2) is 36.1 Å². The van der Waals surface area contributed by atoms with E-state index in [4.69, 9.17) is 14.5 Å². The first kappa shape index (κ1) is 21.4. The third-order valence-corrected chi connectivity index (χ3v) is 5.15. The average molecular weight is 435 g/mol. The molecule has 9 nitrogen and oxygen atoms in total. The third kappa shape index (κ3) is 4.57. The second-order valence-electron chi connectivity index (χ2n) is 7.24. The molecule has 1 amide bonds. The van der Waals surface area contributed by atoms with E-state index in [2.05, 4.69) is 26.7 Å². The van der Waals surface area contributed by atoms with E-state index in [9.17, 15) is 4.79 Å². The van der Waals surface area contributed by atoms with Crippen molar-refractivity contribution in [1.82, 2.24) is 31.7 Å². The summed E-state index contributed by atoms with van der Waals surface area (Å²) < 4.78 is 11.0. The molecule has 3 heterocycles. The van der Waals surface area contributed by atoms with Gasteiger partial charge < -0.3 is 25.6 Å². The van der Waals surface area contributed by atoms with E-state index >= 15 is 0 Å². The van der Waals surface area contributed by atoms with Gasteiger partial charge in [0.05, 0.1) is 24.9 Å². The van der Waals surface area contributed by atoms with Crippen molar-refractivity contribution >= 4 is 16.8 Å². The Morgan fingerprint density at radius 2 is 2.03 bits per heavy atom. The third-order valence-electron chi connectivity index (χ3n) is 5.15. The first-order valence-electron chi connectivity index (χ1n) is 10.4. The number of hydrogen-bond acceptors (Lipinski definition) is 8. The molecule has 166 valence electrons. The Bertz CT molecular complexity index is 1160. The number of pyridine rings is 2. The molecule has 0 atom stereocenters. The number of ether oxygens (including phenoxy) is 2. The molecule has 32 heavy (non-hydrogen) atoms. The number of hydrogen-bond donors (Lipinski definition) is 4. The highest BCUT2D eigenvalue weighted by molar-refractivity contribution is 5.99. The van der Waals surface area contributed by atoms with E-state index in [0.717, 1.165) is 22.3 Å². The lowest BCUT2D eigenvalue weighted by molar-refractivity contribution is 0.0954. The Morgan fingerprint density at radius 1 is 1.16 bits per heavy atom.